The lowest BCUT2D eigenvalue weighted by molar-refractivity contribution is -0.385. The maximum absolute atomic E-state index is 13.1. The molecule has 1 aromatic carbocycles. The van der Waals surface area contributed by atoms with E-state index < -0.39 is 33.8 Å². The van der Waals surface area contributed by atoms with E-state index in [-0.39, 0.29) is 0 Å². The van der Waals surface area contributed by atoms with Gasteiger partial charge in [-0.1, -0.05) is 0 Å². The number of hydrogen-bond acceptors (Lipinski definition) is 3. The van der Waals surface area contributed by atoms with Crippen molar-refractivity contribution in [3.63, 3.8) is 0 Å². The Bertz CT molecular complexity index is 411. The predicted molar refractivity (Wildman–Crippen MR) is 47.3 cm³/mol. The van der Waals surface area contributed by atoms with Crippen molar-refractivity contribution in [2.24, 2.45) is 0 Å². The standard InChI is InChI=1S/C8H6F2N2O3/c1-4(13)11-8-6(9)2-5(12(14)15)3-7(8)10/h2-3H,1H3,(H,11,13). The monoisotopic (exact) mass is 216 g/mol. The van der Waals surface area contributed by atoms with Crippen LogP contribution in [-0.2, 0) is 4.79 Å². The third-order valence-corrected chi connectivity index (χ3v) is 1.54. The quantitative estimate of drug-likeness (QED) is 0.605. The van der Waals surface area contributed by atoms with E-state index in [4.69, 9.17) is 0 Å². The Kier molecular flexibility index (Phi) is 2.93. The number of carbonyl (C=O) groups is 1. The van der Waals surface area contributed by atoms with Crippen LogP contribution in [0.15, 0.2) is 12.1 Å². The third kappa shape index (κ3) is 2.46. The largest absolute Gasteiger partial charge is 0.321 e. The van der Waals surface area contributed by atoms with Crippen LogP contribution in [0, 0.1) is 21.7 Å². The fourth-order valence-electron chi connectivity index (χ4n) is 0.961. The Morgan fingerprint density at radius 1 is 1.40 bits per heavy atom. The lowest BCUT2D eigenvalue weighted by atomic mass is 10.2. The molecular formula is C8H6F2N2O3. The van der Waals surface area contributed by atoms with Gasteiger partial charge in [0.05, 0.1) is 17.1 Å². The zero-order valence-electron chi connectivity index (χ0n) is 7.58. The zero-order chi connectivity index (χ0) is 11.6. The van der Waals surface area contributed by atoms with E-state index in [9.17, 15) is 23.7 Å². The normalized spacial score (nSPS) is 9.80. The number of amides is 1. The van der Waals surface area contributed by atoms with Crippen molar-refractivity contribution in [2.75, 3.05) is 5.32 Å². The molecule has 0 aromatic heterocycles. The predicted octanol–water partition coefficient (Wildman–Crippen LogP) is 1.83. The summed E-state index contributed by atoms with van der Waals surface area (Å²) >= 11 is 0. The highest BCUT2D eigenvalue weighted by atomic mass is 19.1. The molecule has 1 rings (SSSR count). The van der Waals surface area contributed by atoms with Crippen LogP contribution in [0.5, 0.6) is 0 Å². The summed E-state index contributed by atoms with van der Waals surface area (Å²) in [6.45, 7) is 1.07. The first-order chi connectivity index (χ1) is 6.91. The summed E-state index contributed by atoms with van der Waals surface area (Å²) in [5.74, 6) is -3.03. The van der Waals surface area contributed by atoms with Crippen molar-refractivity contribution in [1.29, 1.82) is 0 Å². The number of benzene rings is 1. The minimum Gasteiger partial charge on any atom is -0.321 e. The number of rotatable bonds is 2. The Hall–Kier alpha value is -2.05. The smallest absolute Gasteiger partial charge is 0.275 e. The minimum atomic E-state index is -1.18. The van der Waals surface area contributed by atoms with Gasteiger partial charge in [-0.2, -0.15) is 0 Å². The molecule has 5 nitrogen and oxygen atoms in total. The number of non-ortho nitro benzene ring substituents is 1. The Morgan fingerprint density at radius 2 is 1.87 bits per heavy atom. The van der Waals surface area contributed by atoms with Crippen LogP contribution >= 0.6 is 0 Å². The molecule has 0 saturated heterocycles. The van der Waals surface area contributed by atoms with Gasteiger partial charge in [-0.3, -0.25) is 14.9 Å². The van der Waals surface area contributed by atoms with Gasteiger partial charge >= 0.3 is 0 Å². The SMILES string of the molecule is CC(=O)Nc1c(F)cc([N+](=O)[O-])cc1F. The first-order valence-corrected chi connectivity index (χ1v) is 3.83. The van der Waals surface area contributed by atoms with E-state index in [2.05, 4.69) is 0 Å². The Balaban J connectivity index is 3.21. The van der Waals surface area contributed by atoms with Crippen LogP contribution in [-0.4, -0.2) is 10.8 Å². The van der Waals surface area contributed by atoms with Crippen LogP contribution < -0.4 is 5.32 Å². The van der Waals surface area contributed by atoms with E-state index >= 15 is 0 Å². The molecular weight excluding hydrogens is 210 g/mol. The number of hydrogen-bond donors (Lipinski definition) is 1. The molecule has 0 aliphatic carbocycles. The summed E-state index contributed by atoms with van der Waals surface area (Å²) in [6.07, 6.45) is 0. The molecule has 80 valence electrons. The fraction of sp³-hybridized carbons (Fsp3) is 0.125. The summed E-state index contributed by atoms with van der Waals surface area (Å²) in [6, 6.07) is 1.07. The van der Waals surface area contributed by atoms with Gasteiger partial charge in [0.25, 0.3) is 5.69 Å². The van der Waals surface area contributed by atoms with Crippen LogP contribution in [0.1, 0.15) is 6.92 Å². The van der Waals surface area contributed by atoms with Crippen LogP contribution in [0.3, 0.4) is 0 Å². The topological polar surface area (TPSA) is 72.2 Å². The number of anilines is 1. The summed E-state index contributed by atoms with van der Waals surface area (Å²) in [5, 5.41) is 12.1. The molecule has 7 heteroatoms. The molecule has 0 unspecified atom stereocenters. The molecule has 0 atom stereocenters. The molecule has 0 spiro atoms. The van der Waals surface area contributed by atoms with Gasteiger partial charge in [0, 0.05) is 6.92 Å². The molecule has 1 N–H and O–H groups in total. The minimum absolute atomic E-state index is 0.536. The summed E-state index contributed by atoms with van der Waals surface area (Å²) in [5.41, 5.74) is -1.40. The molecule has 15 heavy (non-hydrogen) atoms. The molecule has 0 fully saturated rings. The van der Waals surface area contributed by atoms with E-state index in [0.717, 1.165) is 6.92 Å². The number of carbonyl (C=O) groups excluding carboxylic acids is 1. The average molecular weight is 216 g/mol. The number of nitrogens with zero attached hydrogens (tertiary/aromatic N) is 1. The lowest BCUT2D eigenvalue weighted by Gasteiger charge is -2.04. The van der Waals surface area contributed by atoms with Gasteiger partial charge in [-0.15, -0.1) is 0 Å². The average Bonchev–Trinajstić information content (AvgIpc) is 2.10. The van der Waals surface area contributed by atoms with Gasteiger partial charge in [0.15, 0.2) is 11.6 Å². The maximum Gasteiger partial charge on any atom is 0.275 e. The molecule has 0 aliphatic heterocycles. The van der Waals surface area contributed by atoms with Crippen molar-refractivity contribution in [3.8, 4) is 0 Å². The van der Waals surface area contributed by atoms with Gasteiger partial charge < -0.3 is 5.32 Å². The molecule has 0 heterocycles. The molecule has 0 radical (unpaired) electrons. The zero-order valence-corrected chi connectivity index (χ0v) is 7.58. The number of nitro benzene ring substituents is 1. The van der Waals surface area contributed by atoms with Crippen molar-refractivity contribution < 1.29 is 18.5 Å². The molecule has 0 saturated carbocycles. The van der Waals surface area contributed by atoms with E-state index in [1.807, 2.05) is 5.32 Å². The third-order valence-electron chi connectivity index (χ3n) is 1.54. The fourth-order valence-corrected chi connectivity index (χ4v) is 0.961. The summed E-state index contributed by atoms with van der Waals surface area (Å²) < 4.78 is 26.1. The van der Waals surface area contributed by atoms with Crippen molar-refractivity contribution >= 4 is 17.3 Å². The second kappa shape index (κ2) is 3.99. The molecule has 1 amide bonds. The highest BCUT2D eigenvalue weighted by Crippen LogP contribution is 2.24. The van der Waals surface area contributed by atoms with E-state index in [0.29, 0.717) is 12.1 Å². The second-order valence-corrected chi connectivity index (χ2v) is 2.72. The summed E-state index contributed by atoms with van der Waals surface area (Å²) in [4.78, 5) is 19.9. The molecule has 1 aromatic rings. The first kappa shape index (κ1) is 11.0. The van der Waals surface area contributed by atoms with Crippen molar-refractivity contribution in [3.05, 3.63) is 33.9 Å². The first-order valence-electron chi connectivity index (χ1n) is 3.83. The van der Waals surface area contributed by atoms with Gasteiger partial charge in [-0.05, 0) is 0 Å². The van der Waals surface area contributed by atoms with Crippen LogP contribution in [0.2, 0.25) is 0 Å². The van der Waals surface area contributed by atoms with Crippen LogP contribution in [0.25, 0.3) is 0 Å². The van der Waals surface area contributed by atoms with Gasteiger partial charge in [0.2, 0.25) is 5.91 Å². The van der Waals surface area contributed by atoms with Crippen molar-refractivity contribution in [1.82, 2.24) is 0 Å². The Morgan fingerprint density at radius 3 is 2.20 bits per heavy atom. The highest BCUT2D eigenvalue weighted by molar-refractivity contribution is 5.89. The number of nitrogens with one attached hydrogen (secondary N) is 1. The van der Waals surface area contributed by atoms with Crippen LogP contribution in [0.4, 0.5) is 20.2 Å². The van der Waals surface area contributed by atoms with E-state index in [1.165, 1.54) is 0 Å². The lowest BCUT2D eigenvalue weighted by Crippen LogP contribution is -2.09. The Labute approximate surface area is 82.9 Å². The number of nitro groups is 1. The molecule has 0 bridgehead atoms. The highest BCUT2D eigenvalue weighted by Gasteiger charge is 2.17. The van der Waals surface area contributed by atoms with Gasteiger partial charge in [-0.25, -0.2) is 8.78 Å². The van der Waals surface area contributed by atoms with E-state index in [1.54, 1.807) is 0 Å². The molecule has 0 aliphatic rings. The second-order valence-electron chi connectivity index (χ2n) is 2.72. The number of halogens is 2. The van der Waals surface area contributed by atoms with Crippen molar-refractivity contribution in [2.45, 2.75) is 6.92 Å². The van der Waals surface area contributed by atoms with Gasteiger partial charge in [0.1, 0.15) is 5.69 Å². The maximum atomic E-state index is 13.1. The summed E-state index contributed by atoms with van der Waals surface area (Å²) in [7, 11) is 0.